The Labute approximate surface area is 134 Å². The zero-order chi connectivity index (χ0) is 15.4. The third-order valence-electron chi connectivity index (χ3n) is 3.84. The average molecular weight is 319 g/mol. The standard InChI is InChI=1S/C15H21N5OS/c1-11-16-8-13(22-11)9-20-5-3-12(4-6-20)19-14-7-15(21-2)18-10-17-14/h7-8,10,12H,3-6,9H2,1-2H3,(H,17,18,19). The Morgan fingerprint density at radius 3 is 2.82 bits per heavy atom. The number of thiazole rings is 1. The summed E-state index contributed by atoms with van der Waals surface area (Å²) >= 11 is 1.79. The highest BCUT2D eigenvalue weighted by Gasteiger charge is 2.20. The van der Waals surface area contributed by atoms with Crippen LogP contribution >= 0.6 is 11.3 Å². The molecule has 0 bridgehead atoms. The van der Waals surface area contributed by atoms with Gasteiger partial charge in [0.15, 0.2) is 0 Å². The predicted molar refractivity (Wildman–Crippen MR) is 87.4 cm³/mol. The third kappa shape index (κ3) is 3.92. The second kappa shape index (κ2) is 7.02. The Kier molecular flexibility index (Phi) is 4.84. The van der Waals surface area contributed by atoms with E-state index < -0.39 is 0 Å². The van der Waals surface area contributed by atoms with Crippen LogP contribution in [0.2, 0.25) is 0 Å². The van der Waals surface area contributed by atoms with E-state index in [0.717, 1.165) is 43.3 Å². The fourth-order valence-corrected chi connectivity index (χ4v) is 3.51. The van der Waals surface area contributed by atoms with Gasteiger partial charge in [0.05, 0.1) is 12.1 Å². The highest BCUT2D eigenvalue weighted by atomic mass is 32.1. The lowest BCUT2D eigenvalue weighted by molar-refractivity contribution is 0.212. The topological polar surface area (TPSA) is 63.2 Å². The Bertz CT molecular complexity index is 609. The molecule has 0 saturated carbocycles. The van der Waals surface area contributed by atoms with Gasteiger partial charge in [0.1, 0.15) is 12.1 Å². The summed E-state index contributed by atoms with van der Waals surface area (Å²) in [5.74, 6) is 1.43. The number of piperidine rings is 1. The number of rotatable bonds is 5. The maximum Gasteiger partial charge on any atom is 0.218 e. The van der Waals surface area contributed by atoms with E-state index in [1.807, 2.05) is 12.3 Å². The van der Waals surface area contributed by atoms with Gasteiger partial charge in [0.25, 0.3) is 0 Å². The molecule has 1 aliphatic rings. The molecule has 0 amide bonds. The van der Waals surface area contributed by atoms with Crippen LogP contribution < -0.4 is 10.1 Å². The molecule has 118 valence electrons. The summed E-state index contributed by atoms with van der Waals surface area (Å²) in [7, 11) is 1.62. The molecule has 1 N–H and O–H groups in total. The Morgan fingerprint density at radius 2 is 2.14 bits per heavy atom. The number of hydrogen-bond donors (Lipinski definition) is 1. The number of ether oxygens (including phenoxy) is 1. The number of nitrogens with one attached hydrogen (secondary N) is 1. The average Bonchev–Trinajstić information content (AvgIpc) is 2.94. The van der Waals surface area contributed by atoms with E-state index in [-0.39, 0.29) is 0 Å². The smallest absolute Gasteiger partial charge is 0.218 e. The van der Waals surface area contributed by atoms with Crippen LogP contribution in [0.3, 0.4) is 0 Å². The van der Waals surface area contributed by atoms with Gasteiger partial charge in [0.2, 0.25) is 5.88 Å². The number of hydrogen-bond acceptors (Lipinski definition) is 7. The first-order valence-electron chi connectivity index (χ1n) is 7.49. The van der Waals surface area contributed by atoms with E-state index in [4.69, 9.17) is 4.74 Å². The molecule has 0 aromatic carbocycles. The molecule has 2 aromatic heterocycles. The Balaban J connectivity index is 1.49. The molecule has 0 spiro atoms. The van der Waals surface area contributed by atoms with Crippen LogP contribution in [0.1, 0.15) is 22.7 Å². The van der Waals surface area contributed by atoms with E-state index >= 15 is 0 Å². The summed E-state index contributed by atoms with van der Waals surface area (Å²) < 4.78 is 5.13. The largest absolute Gasteiger partial charge is 0.481 e. The summed E-state index contributed by atoms with van der Waals surface area (Å²) in [5, 5.41) is 4.62. The van der Waals surface area contributed by atoms with Gasteiger partial charge in [-0.1, -0.05) is 0 Å². The van der Waals surface area contributed by atoms with Gasteiger partial charge < -0.3 is 10.1 Å². The van der Waals surface area contributed by atoms with Gasteiger partial charge in [-0.2, -0.15) is 0 Å². The highest BCUT2D eigenvalue weighted by Crippen LogP contribution is 2.20. The monoisotopic (exact) mass is 319 g/mol. The van der Waals surface area contributed by atoms with Crippen molar-refractivity contribution in [3.63, 3.8) is 0 Å². The molecule has 22 heavy (non-hydrogen) atoms. The summed E-state index contributed by atoms with van der Waals surface area (Å²) in [6.45, 7) is 5.26. The lowest BCUT2D eigenvalue weighted by atomic mass is 10.1. The molecule has 0 radical (unpaired) electrons. The molecule has 0 atom stereocenters. The van der Waals surface area contributed by atoms with E-state index in [2.05, 4.69) is 32.1 Å². The van der Waals surface area contributed by atoms with Crippen molar-refractivity contribution in [1.82, 2.24) is 19.9 Å². The molecule has 1 saturated heterocycles. The minimum Gasteiger partial charge on any atom is -0.481 e. The van der Waals surface area contributed by atoms with Crippen molar-refractivity contribution in [2.75, 3.05) is 25.5 Å². The molecule has 3 rings (SSSR count). The zero-order valence-corrected chi connectivity index (χ0v) is 13.8. The van der Waals surface area contributed by atoms with Gasteiger partial charge in [-0.15, -0.1) is 11.3 Å². The van der Waals surface area contributed by atoms with Gasteiger partial charge >= 0.3 is 0 Å². The van der Waals surface area contributed by atoms with Crippen LogP contribution in [0.25, 0.3) is 0 Å². The van der Waals surface area contributed by atoms with Gasteiger partial charge in [-0.25, -0.2) is 15.0 Å². The first-order chi connectivity index (χ1) is 10.7. The number of aryl methyl sites for hydroxylation is 1. The van der Waals surface area contributed by atoms with Crippen LogP contribution in [-0.4, -0.2) is 46.1 Å². The quantitative estimate of drug-likeness (QED) is 0.912. The lowest BCUT2D eigenvalue weighted by Gasteiger charge is -2.32. The fraction of sp³-hybridized carbons (Fsp3) is 0.533. The summed E-state index contributed by atoms with van der Waals surface area (Å²) in [6.07, 6.45) is 5.76. The Hall–Kier alpha value is -1.73. The van der Waals surface area contributed by atoms with Crippen LogP contribution in [0, 0.1) is 6.92 Å². The molecule has 1 fully saturated rings. The van der Waals surface area contributed by atoms with Gasteiger partial charge in [0, 0.05) is 42.8 Å². The molecule has 6 nitrogen and oxygen atoms in total. The van der Waals surface area contributed by atoms with Crippen molar-refractivity contribution in [3.05, 3.63) is 28.5 Å². The second-order valence-electron chi connectivity index (χ2n) is 5.49. The number of nitrogens with zero attached hydrogens (tertiary/aromatic N) is 4. The van der Waals surface area contributed by atoms with Crippen LogP contribution in [0.4, 0.5) is 5.82 Å². The minimum absolute atomic E-state index is 0.457. The molecule has 3 heterocycles. The van der Waals surface area contributed by atoms with Crippen LogP contribution in [-0.2, 0) is 6.54 Å². The first kappa shape index (κ1) is 15.2. The Morgan fingerprint density at radius 1 is 1.32 bits per heavy atom. The second-order valence-corrected chi connectivity index (χ2v) is 6.81. The summed E-state index contributed by atoms with van der Waals surface area (Å²) in [6, 6.07) is 2.30. The van der Waals surface area contributed by atoms with E-state index in [0.29, 0.717) is 11.9 Å². The van der Waals surface area contributed by atoms with Crippen LogP contribution in [0.15, 0.2) is 18.6 Å². The van der Waals surface area contributed by atoms with Gasteiger partial charge in [-0.05, 0) is 19.8 Å². The first-order valence-corrected chi connectivity index (χ1v) is 8.31. The van der Waals surface area contributed by atoms with E-state index in [1.165, 1.54) is 11.2 Å². The number of aromatic nitrogens is 3. The normalized spacial score (nSPS) is 16.6. The van der Waals surface area contributed by atoms with Crippen molar-refractivity contribution in [2.24, 2.45) is 0 Å². The van der Waals surface area contributed by atoms with E-state index in [1.54, 1.807) is 18.4 Å². The lowest BCUT2D eigenvalue weighted by Crippen LogP contribution is -2.38. The summed E-state index contributed by atoms with van der Waals surface area (Å²) in [4.78, 5) is 16.4. The molecule has 1 aliphatic heterocycles. The SMILES string of the molecule is COc1cc(NC2CCN(Cc3cnc(C)s3)CC2)ncn1. The summed E-state index contributed by atoms with van der Waals surface area (Å²) in [5.41, 5.74) is 0. The number of likely N-dealkylation sites (tertiary alicyclic amines) is 1. The molecule has 0 aliphatic carbocycles. The van der Waals surface area contributed by atoms with E-state index in [9.17, 15) is 0 Å². The molecular weight excluding hydrogens is 298 g/mol. The molecular formula is C15H21N5OS. The molecule has 2 aromatic rings. The van der Waals surface area contributed by atoms with Crippen molar-refractivity contribution in [3.8, 4) is 5.88 Å². The zero-order valence-electron chi connectivity index (χ0n) is 13.0. The number of methoxy groups -OCH3 is 1. The maximum atomic E-state index is 5.13. The van der Waals surface area contributed by atoms with Crippen molar-refractivity contribution in [2.45, 2.75) is 32.4 Å². The fourth-order valence-electron chi connectivity index (χ4n) is 2.67. The van der Waals surface area contributed by atoms with Crippen molar-refractivity contribution < 1.29 is 4.74 Å². The van der Waals surface area contributed by atoms with Crippen molar-refractivity contribution in [1.29, 1.82) is 0 Å². The highest BCUT2D eigenvalue weighted by molar-refractivity contribution is 7.11. The van der Waals surface area contributed by atoms with Crippen LogP contribution in [0.5, 0.6) is 5.88 Å². The predicted octanol–water partition coefficient (Wildman–Crippen LogP) is 2.33. The van der Waals surface area contributed by atoms with Crippen molar-refractivity contribution >= 4 is 17.2 Å². The maximum absolute atomic E-state index is 5.13. The minimum atomic E-state index is 0.457. The third-order valence-corrected chi connectivity index (χ3v) is 4.74. The molecule has 0 unspecified atom stereocenters. The van der Waals surface area contributed by atoms with Gasteiger partial charge in [-0.3, -0.25) is 4.90 Å². The molecule has 7 heteroatoms. The number of anilines is 1.